The number of aryl methyl sites for hydroxylation is 1. The maximum Gasteiger partial charge on any atom is 0.316 e. The number of carbonyl (C=O) groups excluding carboxylic acids is 1. The van der Waals surface area contributed by atoms with Crippen molar-refractivity contribution >= 4 is 17.3 Å². The number of aromatic nitrogens is 1. The molecule has 1 aliphatic carbocycles. The largest absolute Gasteiger partial charge is 0.468 e. The van der Waals surface area contributed by atoms with E-state index in [2.05, 4.69) is 4.98 Å². The van der Waals surface area contributed by atoms with Gasteiger partial charge in [0.2, 0.25) is 0 Å². The van der Waals surface area contributed by atoms with Crippen LogP contribution in [0, 0.1) is 6.92 Å². The average Bonchev–Trinajstić information content (AvgIpc) is 2.56. The lowest BCUT2D eigenvalue weighted by Gasteiger charge is -2.23. The molecule has 0 spiro atoms. The fourth-order valence-electron chi connectivity index (χ4n) is 2.17. The van der Waals surface area contributed by atoms with Gasteiger partial charge in [0.25, 0.3) is 0 Å². The van der Waals surface area contributed by atoms with E-state index in [1.54, 1.807) is 11.3 Å². The Bertz CT molecular complexity index is 433. The van der Waals surface area contributed by atoms with Crippen LogP contribution in [0.5, 0.6) is 0 Å². The third-order valence-corrected chi connectivity index (χ3v) is 5.17. The lowest BCUT2D eigenvalue weighted by atomic mass is 9.86. The number of carbonyl (C=O) groups is 1. The van der Waals surface area contributed by atoms with Gasteiger partial charge in [-0.3, -0.25) is 4.79 Å². The molecule has 0 N–H and O–H groups in total. The highest BCUT2D eigenvalue weighted by atomic mass is 32.1. The summed E-state index contributed by atoms with van der Waals surface area (Å²) in [6, 6.07) is 0. The molecule has 0 radical (unpaired) electrons. The molecule has 0 aromatic carbocycles. The van der Waals surface area contributed by atoms with E-state index in [0.717, 1.165) is 10.6 Å². The topological polar surface area (TPSA) is 39.2 Å². The number of methoxy groups -OCH3 is 1. The molecule has 1 heterocycles. The van der Waals surface area contributed by atoms with E-state index in [-0.39, 0.29) is 5.97 Å². The summed E-state index contributed by atoms with van der Waals surface area (Å²) in [4.78, 5) is 17.5. The van der Waals surface area contributed by atoms with Crippen molar-refractivity contribution in [3.05, 3.63) is 15.6 Å². The van der Waals surface area contributed by atoms with Crippen molar-refractivity contribution in [1.82, 2.24) is 4.98 Å². The molecule has 1 aliphatic rings. The zero-order valence-corrected chi connectivity index (χ0v) is 11.7. The van der Waals surface area contributed by atoms with Crippen LogP contribution in [-0.4, -0.2) is 18.1 Å². The molecule has 0 saturated heterocycles. The van der Waals surface area contributed by atoms with Gasteiger partial charge >= 0.3 is 5.97 Å². The molecule has 0 unspecified atom stereocenters. The lowest BCUT2D eigenvalue weighted by Crippen LogP contribution is -2.29. The molecule has 0 atom stereocenters. The van der Waals surface area contributed by atoms with Crippen molar-refractivity contribution in [2.45, 2.75) is 51.4 Å². The first kappa shape index (κ1) is 12.6. The van der Waals surface area contributed by atoms with E-state index in [0.29, 0.717) is 5.92 Å². The van der Waals surface area contributed by atoms with Crippen molar-refractivity contribution in [2.24, 2.45) is 0 Å². The minimum Gasteiger partial charge on any atom is -0.468 e. The Morgan fingerprint density at radius 2 is 2.12 bits per heavy atom. The molecule has 4 heteroatoms. The predicted octanol–water partition coefficient (Wildman–Crippen LogP) is 3.17. The van der Waals surface area contributed by atoms with Crippen LogP contribution in [0.25, 0.3) is 0 Å². The van der Waals surface area contributed by atoms with Crippen LogP contribution in [-0.2, 0) is 14.9 Å². The molecule has 1 aromatic heterocycles. The summed E-state index contributed by atoms with van der Waals surface area (Å²) in [5.41, 5.74) is 0.394. The van der Waals surface area contributed by atoms with E-state index in [1.165, 1.54) is 31.4 Å². The Labute approximate surface area is 106 Å². The molecule has 3 nitrogen and oxygen atoms in total. The van der Waals surface area contributed by atoms with Gasteiger partial charge in [0, 0.05) is 10.8 Å². The minimum atomic E-state index is -0.585. The second kappa shape index (κ2) is 4.41. The van der Waals surface area contributed by atoms with Crippen LogP contribution >= 0.6 is 11.3 Å². The van der Waals surface area contributed by atoms with Crippen molar-refractivity contribution in [3.8, 4) is 0 Å². The first-order valence-electron chi connectivity index (χ1n) is 6.03. The van der Waals surface area contributed by atoms with Crippen LogP contribution in [0.1, 0.15) is 54.6 Å². The normalized spacial score (nSPS) is 16.7. The minimum absolute atomic E-state index is 0.190. The SMILES string of the molecule is COC(=O)C(C)(C)c1sc(C2CCC2)nc1C. The van der Waals surface area contributed by atoms with Gasteiger partial charge in [0.1, 0.15) is 0 Å². The number of thiazole rings is 1. The van der Waals surface area contributed by atoms with Crippen molar-refractivity contribution in [3.63, 3.8) is 0 Å². The van der Waals surface area contributed by atoms with Crippen LogP contribution in [0.4, 0.5) is 0 Å². The van der Waals surface area contributed by atoms with Gasteiger partial charge in [-0.25, -0.2) is 4.98 Å². The number of esters is 1. The quantitative estimate of drug-likeness (QED) is 0.777. The fourth-order valence-corrected chi connectivity index (χ4v) is 3.50. The lowest BCUT2D eigenvalue weighted by molar-refractivity contribution is -0.146. The number of rotatable bonds is 3. The molecule has 2 rings (SSSR count). The van der Waals surface area contributed by atoms with Gasteiger partial charge in [0.15, 0.2) is 0 Å². The van der Waals surface area contributed by atoms with Gasteiger partial charge in [-0.15, -0.1) is 11.3 Å². The Morgan fingerprint density at radius 3 is 2.59 bits per heavy atom. The summed E-state index contributed by atoms with van der Waals surface area (Å²) in [5, 5.41) is 1.20. The molecular formula is C13H19NO2S. The zero-order chi connectivity index (χ0) is 12.6. The third kappa shape index (κ3) is 2.10. The molecule has 94 valence electrons. The highest BCUT2D eigenvalue weighted by Crippen LogP contribution is 2.42. The third-order valence-electron chi connectivity index (χ3n) is 3.53. The number of ether oxygens (including phenoxy) is 1. The Morgan fingerprint density at radius 1 is 1.47 bits per heavy atom. The van der Waals surface area contributed by atoms with Crippen LogP contribution in [0.15, 0.2) is 0 Å². The number of hydrogen-bond acceptors (Lipinski definition) is 4. The molecular weight excluding hydrogens is 234 g/mol. The summed E-state index contributed by atoms with van der Waals surface area (Å²) < 4.78 is 4.87. The maximum absolute atomic E-state index is 11.8. The van der Waals surface area contributed by atoms with Gasteiger partial charge in [-0.2, -0.15) is 0 Å². The van der Waals surface area contributed by atoms with Crippen molar-refractivity contribution in [2.75, 3.05) is 7.11 Å². The molecule has 0 amide bonds. The van der Waals surface area contributed by atoms with E-state index in [1.807, 2.05) is 20.8 Å². The summed E-state index contributed by atoms with van der Waals surface area (Å²) in [5.74, 6) is 0.435. The molecule has 0 aliphatic heterocycles. The average molecular weight is 253 g/mol. The van der Waals surface area contributed by atoms with E-state index in [9.17, 15) is 4.79 Å². The van der Waals surface area contributed by atoms with Crippen LogP contribution in [0.3, 0.4) is 0 Å². The maximum atomic E-state index is 11.8. The monoisotopic (exact) mass is 253 g/mol. The van der Waals surface area contributed by atoms with Gasteiger partial charge in [-0.1, -0.05) is 6.42 Å². The standard InChI is InChI=1S/C13H19NO2S/c1-8-10(13(2,3)12(15)16-4)17-11(14-8)9-6-5-7-9/h9H,5-7H2,1-4H3. The highest BCUT2D eigenvalue weighted by molar-refractivity contribution is 7.12. The predicted molar refractivity (Wildman–Crippen MR) is 68.5 cm³/mol. The Hall–Kier alpha value is -0.900. The summed E-state index contributed by atoms with van der Waals surface area (Å²) in [6.07, 6.45) is 3.79. The molecule has 1 fully saturated rings. The van der Waals surface area contributed by atoms with Gasteiger partial charge in [0.05, 0.1) is 23.2 Å². The molecule has 1 saturated carbocycles. The van der Waals surface area contributed by atoms with Crippen molar-refractivity contribution < 1.29 is 9.53 Å². The number of hydrogen-bond donors (Lipinski definition) is 0. The molecule has 0 bridgehead atoms. The second-order valence-electron chi connectivity index (χ2n) is 5.21. The smallest absolute Gasteiger partial charge is 0.316 e. The Balaban J connectivity index is 2.31. The summed E-state index contributed by atoms with van der Waals surface area (Å²) in [7, 11) is 1.44. The van der Waals surface area contributed by atoms with E-state index >= 15 is 0 Å². The van der Waals surface area contributed by atoms with Gasteiger partial charge < -0.3 is 4.74 Å². The first-order chi connectivity index (χ1) is 7.96. The van der Waals surface area contributed by atoms with Gasteiger partial charge in [-0.05, 0) is 33.6 Å². The second-order valence-corrected chi connectivity index (χ2v) is 6.24. The number of nitrogens with zero attached hydrogens (tertiary/aromatic N) is 1. The van der Waals surface area contributed by atoms with Crippen molar-refractivity contribution in [1.29, 1.82) is 0 Å². The molecule has 17 heavy (non-hydrogen) atoms. The fraction of sp³-hybridized carbons (Fsp3) is 0.692. The summed E-state index contributed by atoms with van der Waals surface area (Å²) >= 11 is 1.68. The van der Waals surface area contributed by atoms with Crippen LogP contribution < -0.4 is 0 Å². The highest BCUT2D eigenvalue weighted by Gasteiger charge is 2.36. The van der Waals surface area contributed by atoms with E-state index < -0.39 is 5.41 Å². The summed E-state index contributed by atoms with van der Waals surface area (Å²) in [6.45, 7) is 5.80. The zero-order valence-electron chi connectivity index (χ0n) is 10.9. The molecule has 1 aromatic rings. The Kier molecular flexibility index (Phi) is 3.25. The van der Waals surface area contributed by atoms with Crippen LogP contribution in [0.2, 0.25) is 0 Å². The first-order valence-corrected chi connectivity index (χ1v) is 6.84. The van der Waals surface area contributed by atoms with E-state index in [4.69, 9.17) is 4.74 Å².